The quantitative estimate of drug-likeness (QED) is 0.610. The number of unbranched alkanes of at least 4 members (excludes halogenated alkanes) is 1. The summed E-state index contributed by atoms with van der Waals surface area (Å²) in [5.41, 5.74) is 1.20. The lowest BCUT2D eigenvalue weighted by Gasteiger charge is -2.38. The molecular formula is C23H29ClFNO3. The van der Waals surface area contributed by atoms with Crippen molar-refractivity contribution >= 4 is 12.4 Å². The van der Waals surface area contributed by atoms with E-state index in [0.717, 1.165) is 43.3 Å². The second-order valence-corrected chi connectivity index (χ2v) is 7.69. The highest BCUT2D eigenvalue weighted by molar-refractivity contribution is 5.85. The molecule has 4 rings (SSSR count). The molecule has 158 valence electrons. The maximum Gasteiger partial charge on any atom is 0.231 e. The first-order valence-corrected chi connectivity index (χ1v) is 10.2. The zero-order valence-electron chi connectivity index (χ0n) is 16.8. The number of fused-ring (bicyclic) bond motifs is 1. The Labute approximate surface area is 178 Å². The van der Waals surface area contributed by atoms with E-state index in [1.807, 2.05) is 30.3 Å². The lowest BCUT2D eigenvalue weighted by Crippen LogP contribution is -2.42. The van der Waals surface area contributed by atoms with Crippen LogP contribution in [0.1, 0.15) is 37.7 Å². The van der Waals surface area contributed by atoms with Crippen LogP contribution < -0.4 is 14.2 Å². The van der Waals surface area contributed by atoms with Gasteiger partial charge in [0.15, 0.2) is 11.5 Å². The summed E-state index contributed by atoms with van der Waals surface area (Å²) in [7, 11) is 0. The standard InChI is InChI=1S/C23H28FNO3.ClH/c1-2-3-11-25-12-10-21(17-4-6-19(24)7-5-17)18(14-25)15-26-20-8-9-22-23(13-20)28-16-27-22;/h4-9,13,18,21H,2-3,10-12,14-16H2,1H3;1H/t18-,21-;/m1./s1. The third kappa shape index (κ3) is 5.34. The monoisotopic (exact) mass is 421 g/mol. The van der Waals surface area contributed by atoms with E-state index in [-0.39, 0.29) is 25.0 Å². The fourth-order valence-electron chi connectivity index (χ4n) is 4.18. The molecule has 0 aromatic heterocycles. The maximum absolute atomic E-state index is 13.4. The number of ether oxygens (including phenoxy) is 3. The van der Waals surface area contributed by atoms with E-state index in [1.54, 1.807) is 12.1 Å². The van der Waals surface area contributed by atoms with Gasteiger partial charge in [-0.1, -0.05) is 25.5 Å². The van der Waals surface area contributed by atoms with Crippen molar-refractivity contribution in [3.05, 3.63) is 53.8 Å². The van der Waals surface area contributed by atoms with Crippen molar-refractivity contribution in [2.45, 2.75) is 32.1 Å². The maximum atomic E-state index is 13.4. The molecule has 0 unspecified atom stereocenters. The van der Waals surface area contributed by atoms with Crippen LogP contribution in [0.2, 0.25) is 0 Å². The first kappa shape index (κ1) is 21.7. The van der Waals surface area contributed by atoms with Gasteiger partial charge in [0.1, 0.15) is 11.6 Å². The fraction of sp³-hybridized carbons (Fsp3) is 0.478. The summed E-state index contributed by atoms with van der Waals surface area (Å²) in [5.74, 6) is 2.86. The predicted molar refractivity (Wildman–Crippen MR) is 114 cm³/mol. The molecule has 4 nitrogen and oxygen atoms in total. The Morgan fingerprint density at radius 1 is 1.10 bits per heavy atom. The second-order valence-electron chi connectivity index (χ2n) is 7.69. The molecule has 2 atom stereocenters. The molecule has 0 radical (unpaired) electrons. The molecule has 0 bridgehead atoms. The summed E-state index contributed by atoms with van der Waals surface area (Å²) in [6.07, 6.45) is 3.50. The average molecular weight is 422 g/mol. The molecule has 1 fully saturated rings. The van der Waals surface area contributed by atoms with Crippen LogP contribution in [0.25, 0.3) is 0 Å². The number of benzene rings is 2. The van der Waals surface area contributed by atoms with Gasteiger partial charge in [0.25, 0.3) is 0 Å². The van der Waals surface area contributed by atoms with Crippen LogP contribution in [-0.2, 0) is 0 Å². The second kappa shape index (κ2) is 10.2. The van der Waals surface area contributed by atoms with Crippen molar-refractivity contribution in [2.24, 2.45) is 5.92 Å². The number of hydrogen-bond acceptors (Lipinski definition) is 4. The normalized spacial score (nSPS) is 20.9. The molecule has 29 heavy (non-hydrogen) atoms. The van der Waals surface area contributed by atoms with E-state index >= 15 is 0 Å². The van der Waals surface area contributed by atoms with E-state index in [4.69, 9.17) is 14.2 Å². The van der Waals surface area contributed by atoms with Crippen molar-refractivity contribution in [1.82, 2.24) is 4.90 Å². The third-order valence-corrected chi connectivity index (χ3v) is 5.75. The van der Waals surface area contributed by atoms with Crippen LogP contribution in [0.5, 0.6) is 17.2 Å². The molecule has 0 spiro atoms. The van der Waals surface area contributed by atoms with E-state index < -0.39 is 0 Å². The molecule has 2 aliphatic heterocycles. The van der Waals surface area contributed by atoms with E-state index in [9.17, 15) is 4.39 Å². The SMILES string of the molecule is CCCCN1CC[C@H](c2ccc(F)cc2)[C@@H](COc2ccc3c(c2)OCO3)C1.Cl. The predicted octanol–water partition coefficient (Wildman–Crippen LogP) is 5.26. The molecule has 2 heterocycles. The molecule has 0 saturated carbocycles. The zero-order chi connectivity index (χ0) is 19.3. The van der Waals surface area contributed by atoms with Gasteiger partial charge in [-0.2, -0.15) is 0 Å². The van der Waals surface area contributed by atoms with Gasteiger partial charge in [-0.25, -0.2) is 4.39 Å². The fourth-order valence-corrected chi connectivity index (χ4v) is 4.18. The number of hydrogen-bond donors (Lipinski definition) is 0. The van der Waals surface area contributed by atoms with Crippen molar-refractivity contribution in [3.8, 4) is 17.2 Å². The van der Waals surface area contributed by atoms with Crippen molar-refractivity contribution < 1.29 is 18.6 Å². The van der Waals surface area contributed by atoms with Gasteiger partial charge in [-0.05, 0) is 61.7 Å². The van der Waals surface area contributed by atoms with Gasteiger partial charge in [0, 0.05) is 18.5 Å². The van der Waals surface area contributed by atoms with Gasteiger partial charge in [0.05, 0.1) is 6.61 Å². The number of likely N-dealkylation sites (tertiary alicyclic amines) is 1. The third-order valence-electron chi connectivity index (χ3n) is 5.75. The highest BCUT2D eigenvalue weighted by Gasteiger charge is 2.31. The van der Waals surface area contributed by atoms with Gasteiger partial charge in [-0.15, -0.1) is 12.4 Å². The number of nitrogens with zero attached hydrogens (tertiary/aromatic N) is 1. The molecule has 2 aromatic carbocycles. The van der Waals surface area contributed by atoms with Crippen molar-refractivity contribution in [1.29, 1.82) is 0 Å². The van der Waals surface area contributed by atoms with Crippen molar-refractivity contribution in [2.75, 3.05) is 33.0 Å². The Morgan fingerprint density at radius 2 is 1.90 bits per heavy atom. The first-order valence-electron chi connectivity index (χ1n) is 10.2. The Kier molecular flexibility index (Phi) is 7.62. The molecule has 0 N–H and O–H groups in total. The van der Waals surface area contributed by atoms with Crippen LogP contribution >= 0.6 is 12.4 Å². The minimum Gasteiger partial charge on any atom is -0.493 e. The van der Waals surface area contributed by atoms with E-state index in [2.05, 4.69) is 11.8 Å². The summed E-state index contributed by atoms with van der Waals surface area (Å²) in [6, 6.07) is 12.7. The highest BCUT2D eigenvalue weighted by atomic mass is 35.5. The van der Waals surface area contributed by atoms with Crippen LogP contribution in [0, 0.1) is 11.7 Å². The van der Waals surface area contributed by atoms with E-state index in [0.29, 0.717) is 18.4 Å². The number of halogens is 2. The van der Waals surface area contributed by atoms with Crippen LogP contribution in [0.3, 0.4) is 0 Å². The summed E-state index contributed by atoms with van der Waals surface area (Å²) in [5, 5.41) is 0. The lowest BCUT2D eigenvalue weighted by atomic mass is 9.80. The smallest absolute Gasteiger partial charge is 0.231 e. The van der Waals surface area contributed by atoms with Gasteiger partial charge in [-0.3, -0.25) is 0 Å². The molecule has 2 aromatic rings. The number of piperidine rings is 1. The molecule has 6 heteroatoms. The Morgan fingerprint density at radius 3 is 2.69 bits per heavy atom. The minimum absolute atomic E-state index is 0. The minimum atomic E-state index is -0.183. The lowest BCUT2D eigenvalue weighted by molar-refractivity contribution is 0.110. The summed E-state index contributed by atoms with van der Waals surface area (Å²) in [6.45, 7) is 6.35. The van der Waals surface area contributed by atoms with Gasteiger partial charge < -0.3 is 19.1 Å². The highest BCUT2D eigenvalue weighted by Crippen LogP contribution is 2.37. The van der Waals surface area contributed by atoms with Crippen molar-refractivity contribution in [3.63, 3.8) is 0 Å². The number of rotatable bonds is 7. The molecular weight excluding hydrogens is 393 g/mol. The Hall–Kier alpha value is -1.98. The molecule has 0 amide bonds. The van der Waals surface area contributed by atoms with Gasteiger partial charge in [0.2, 0.25) is 6.79 Å². The van der Waals surface area contributed by atoms with E-state index in [1.165, 1.54) is 18.4 Å². The average Bonchev–Trinajstić information content (AvgIpc) is 3.19. The van der Waals surface area contributed by atoms with Crippen LogP contribution in [0.15, 0.2) is 42.5 Å². The Bertz CT molecular complexity index is 786. The van der Waals surface area contributed by atoms with Crippen LogP contribution in [-0.4, -0.2) is 37.9 Å². The summed E-state index contributed by atoms with van der Waals surface area (Å²) >= 11 is 0. The molecule has 1 saturated heterocycles. The first-order chi connectivity index (χ1) is 13.7. The molecule has 2 aliphatic rings. The van der Waals surface area contributed by atoms with Crippen LogP contribution in [0.4, 0.5) is 4.39 Å². The summed E-state index contributed by atoms with van der Waals surface area (Å²) < 4.78 is 30.4. The largest absolute Gasteiger partial charge is 0.493 e. The topological polar surface area (TPSA) is 30.9 Å². The zero-order valence-corrected chi connectivity index (χ0v) is 17.6. The molecule has 0 aliphatic carbocycles. The van der Waals surface area contributed by atoms with Gasteiger partial charge >= 0.3 is 0 Å². The Balaban J connectivity index is 0.00000240. The summed E-state index contributed by atoms with van der Waals surface area (Å²) in [4.78, 5) is 2.54.